The van der Waals surface area contributed by atoms with Crippen molar-refractivity contribution >= 4 is 216 Å². The molecule has 32 valence electrons. The zero-order valence-corrected chi connectivity index (χ0v) is 23.6. The van der Waals surface area contributed by atoms with Crippen LogP contribution >= 0.6 is 0 Å². The molecule has 0 aromatic carbocycles. The maximum atomic E-state index is 0. The van der Waals surface area contributed by atoms with E-state index in [0.717, 1.165) is 0 Å². The van der Waals surface area contributed by atoms with E-state index >= 15 is 0 Å². The minimum atomic E-state index is 0. The van der Waals surface area contributed by atoms with Crippen LogP contribution in [0.5, 0.6) is 0 Å². The van der Waals surface area contributed by atoms with Gasteiger partial charge in [-0.05, 0) is 0 Å². The quantitative estimate of drug-likeness (QED) is 0.345. The first-order chi connectivity index (χ1) is 0. The molecule has 0 amide bonds. The van der Waals surface area contributed by atoms with Crippen LogP contribution in [0.1, 0.15) is 0 Å². The Morgan fingerprint density at radius 2 is 0.300 bits per heavy atom. The molecule has 0 fully saturated rings. The predicted octanol–water partition coefficient (Wildman–Crippen LogP) is -1.13. The van der Waals surface area contributed by atoms with Crippen LogP contribution in [0.25, 0.3) is 24.6 Å². The SMILES string of the molecule is [Ba+2].[Ba+2].[Ba+2].[Mg+2].[Mg+2].[Mg+2].[N-3].[N-3].[N-3].[N-3]. The van der Waals surface area contributed by atoms with E-state index in [2.05, 4.69) is 0 Å². The van der Waals surface area contributed by atoms with Gasteiger partial charge in [0.25, 0.3) is 0 Å². The van der Waals surface area contributed by atoms with Gasteiger partial charge in [-0.2, -0.15) is 0 Å². The smallest absolute Gasteiger partial charge is 2.00 e. The van der Waals surface area contributed by atoms with Crippen molar-refractivity contribution in [2.24, 2.45) is 0 Å². The zero-order valence-electron chi connectivity index (χ0n) is 6.03. The average molecular weight is 541 g/mol. The molecule has 0 aliphatic carbocycles. The second-order valence-electron chi connectivity index (χ2n) is 0. The molecule has 0 aliphatic rings. The van der Waals surface area contributed by atoms with Crippen LogP contribution in [0, 0.1) is 0 Å². The molecule has 0 aromatic heterocycles. The molecule has 0 aromatic rings. The Kier molecular flexibility index (Phi) is 672. The average Bonchev–Trinajstić information content (AvgIpc) is 0. The zero-order chi connectivity index (χ0) is 0. The van der Waals surface area contributed by atoms with Gasteiger partial charge < -0.3 is 24.6 Å². The second kappa shape index (κ2) is 74.5. The summed E-state index contributed by atoms with van der Waals surface area (Å²) in [7, 11) is 0. The molecule has 0 heterocycles. The molecular formula is Ba3Mg3N4. The van der Waals surface area contributed by atoms with Gasteiger partial charge in [0, 0.05) is 0 Å². The van der Waals surface area contributed by atoms with Crippen LogP contribution < -0.4 is 0 Å². The summed E-state index contributed by atoms with van der Waals surface area (Å²) in [6.07, 6.45) is 0. The molecule has 0 aliphatic heterocycles. The van der Waals surface area contributed by atoms with Crippen molar-refractivity contribution < 1.29 is 0 Å². The summed E-state index contributed by atoms with van der Waals surface area (Å²) in [4.78, 5) is 0. The van der Waals surface area contributed by atoms with E-state index in [1.54, 1.807) is 0 Å². The van der Waals surface area contributed by atoms with Crippen molar-refractivity contribution in [2.45, 2.75) is 0 Å². The van der Waals surface area contributed by atoms with E-state index in [4.69, 9.17) is 0 Å². The van der Waals surface area contributed by atoms with Gasteiger partial charge in [-0.3, -0.25) is 0 Å². The van der Waals surface area contributed by atoms with Crippen LogP contribution in [0.2, 0.25) is 0 Å². The fourth-order valence-corrected chi connectivity index (χ4v) is 0. The molecule has 0 N–H and O–H groups in total. The molecule has 0 saturated carbocycles. The van der Waals surface area contributed by atoms with Gasteiger partial charge in [-0.15, -0.1) is 0 Å². The fraction of sp³-hybridized carbons (Fsp3) is 0. The van der Waals surface area contributed by atoms with Crippen LogP contribution in [0.4, 0.5) is 0 Å². The molecule has 0 rings (SSSR count). The van der Waals surface area contributed by atoms with Crippen LogP contribution in [0.3, 0.4) is 0 Å². The van der Waals surface area contributed by atoms with Crippen molar-refractivity contribution in [3.8, 4) is 0 Å². The summed E-state index contributed by atoms with van der Waals surface area (Å²) < 4.78 is 0. The van der Waals surface area contributed by atoms with Crippen LogP contribution in [0.15, 0.2) is 0 Å². The van der Waals surface area contributed by atoms with E-state index in [0.29, 0.717) is 0 Å². The number of hydrogen-bond donors (Lipinski definition) is 0. The molecule has 0 unspecified atom stereocenters. The topological polar surface area (TPSA) is 122 Å². The van der Waals surface area contributed by atoms with Gasteiger partial charge >= 0.3 is 216 Å². The third kappa shape index (κ3) is 60.7. The Bertz CT molecular complexity index is 15.7. The molecule has 0 spiro atoms. The van der Waals surface area contributed by atoms with Gasteiger partial charge in [-0.25, -0.2) is 0 Å². The normalized spacial score (nSPS) is 0. The first-order valence-corrected chi connectivity index (χ1v) is 0. The molecule has 0 atom stereocenters. The maximum Gasteiger partial charge on any atom is 2.00 e. The van der Waals surface area contributed by atoms with Gasteiger partial charge in [0.2, 0.25) is 0 Å². The molecule has 10 heavy (non-hydrogen) atoms. The summed E-state index contributed by atoms with van der Waals surface area (Å²) in [6.45, 7) is 0. The molecule has 10 heteroatoms. The van der Waals surface area contributed by atoms with Crippen molar-refractivity contribution in [3.63, 3.8) is 0 Å². The van der Waals surface area contributed by atoms with Crippen LogP contribution in [-0.2, 0) is 0 Å². The third-order valence-corrected chi connectivity index (χ3v) is 0. The van der Waals surface area contributed by atoms with E-state index in [9.17, 15) is 0 Å². The Hall–Kier alpha value is 6.85. The predicted molar refractivity (Wildman–Crippen MR) is 48.0 cm³/mol. The van der Waals surface area contributed by atoms with Gasteiger partial charge in [0.05, 0.1) is 0 Å². The second-order valence-corrected chi connectivity index (χ2v) is 0. The number of rotatable bonds is 0. The molecule has 4 nitrogen and oxygen atoms in total. The minimum absolute atomic E-state index is 0. The van der Waals surface area contributed by atoms with Gasteiger partial charge in [0.1, 0.15) is 0 Å². The standard InChI is InChI=1S/3Ba.3Mg.4N/q6*+2;4*-3. The van der Waals surface area contributed by atoms with E-state index in [1.807, 2.05) is 0 Å². The Balaban J connectivity index is 0. The van der Waals surface area contributed by atoms with E-state index < -0.39 is 0 Å². The molecule has 0 bridgehead atoms. The first-order valence-electron chi connectivity index (χ1n) is 0. The first kappa shape index (κ1) is 90.2. The fourth-order valence-electron chi connectivity index (χ4n) is 0. The summed E-state index contributed by atoms with van der Waals surface area (Å²) >= 11 is 0. The Morgan fingerprint density at radius 3 is 0.300 bits per heavy atom. The largest absolute Gasteiger partial charge is 3.00 e. The van der Waals surface area contributed by atoms with Crippen molar-refractivity contribution in [2.75, 3.05) is 0 Å². The number of nitrogens with zero attached hydrogens (tertiary/aromatic N) is 4. The molecular weight excluding hydrogens is 541 g/mol. The van der Waals surface area contributed by atoms with Crippen molar-refractivity contribution in [3.05, 3.63) is 24.6 Å². The maximum absolute atomic E-state index is 0. The molecule has 0 saturated heterocycles. The number of hydrogen-bond acceptors (Lipinski definition) is 0. The van der Waals surface area contributed by atoms with Crippen molar-refractivity contribution in [1.29, 1.82) is 0 Å². The van der Waals surface area contributed by atoms with Gasteiger partial charge in [-0.1, -0.05) is 0 Å². The Morgan fingerprint density at radius 1 is 0.300 bits per heavy atom. The van der Waals surface area contributed by atoms with Crippen molar-refractivity contribution in [1.82, 2.24) is 0 Å². The van der Waals surface area contributed by atoms with Gasteiger partial charge in [0.15, 0.2) is 0 Å². The molecule has 0 radical (unpaired) electrons. The Labute approximate surface area is 232 Å². The monoisotopic (exact) mass is 542 g/mol. The van der Waals surface area contributed by atoms with E-state index in [-0.39, 0.29) is 240 Å². The summed E-state index contributed by atoms with van der Waals surface area (Å²) in [5.74, 6) is 0. The summed E-state index contributed by atoms with van der Waals surface area (Å²) in [5, 5.41) is 0. The van der Waals surface area contributed by atoms with E-state index in [1.165, 1.54) is 0 Å². The minimum Gasteiger partial charge on any atom is -3.00 e. The van der Waals surface area contributed by atoms with Crippen LogP contribution in [-0.4, -0.2) is 216 Å². The summed E-state index contributed by atoms with van der Waals surface area (Å²) in [5.41, 5.74) is 0. The summed E-state index contributed by atoms with van der Waals surface area (Å²) in [6, 6.07) is 0. The third-order valence-electron chi connectivity index (χ3n) is 0.